The zero-order chi connectivity index (χ0) is 19.8. The van der Waals surface area contributed by atoms with Crippen LogP contribution >= 0.6 is 0 Å². The lowest BCUT2D eigenvalue weighted by Gasteiger charge is -2.23. The molecule has 0 aliphatic heterocycles. The summed E-state index contributed by atoms with van der Waals surface area (Å²) in [5.41, 5.74) is 1.70. The number of methoxy groups -OCH3 is 1. The first-order chi connectivity index (χ1) is 13.0. The van der Waals surface area contributed by atoms with Gasteiger partial charge < -0.3 is 19.5 Å². The van der Waals surface area contributed by atoms with E-state index in [1.807, 2.05) is 40.7 Å². The minimum atomic E-state index is -0.335. The number of carbonyl (C=O) groups excluding carboxylic acids is 2. The highest BCUT2D eigenvalue weighted by Crippen LogP contribution is 2.21. The van der Waals surface area contributed by atoms with Crippen LogP contribution in [-0.2, 0) is 20.9 Å². The molecule has 1 aromatic heterocycles. The van der Waals surface area contributed by atoms with E-state index in [-0.39, 0.29) is 31.0 Å². The number of amides is 2. The molecule has 0 aliphatic carbocycles. The maximum absolute atomic E-state index is 12.9. The maximum atomic E-state index is 12.9. The second-order valence-electron chi connectivity index (χ2n) is 6.65. The van der Waals surface area contributed by atoms with E-state index >= 15 is 0 Å². The first kappa shape index (κ1) is 20.9. The largest absolute Gasteiger partial charge is 0.375 e. The summed E-state index contributed by atoms with van der Waals surface area (Å²) in [7, 11) is 1.48. The van der Waals surface area contributed by atoms with Crippen molar-refractivity contribution in [2.24, 2.45) is 0 Å². The van der Waals surface area contributed by atoms with Gasteiger partial charge in [-0.3, -0.25) is 9.59 Å². The molecule has 0 radical (unpaired) electrons. The van der Waals surface area contributed by atoms with Crippen LogP contribution in [0.1, 0.15) is 45.5 Å². The number of hydrogen-bond acceptors (Lipinski definition) is 4. The molecule has 0 saturated heterocycles. The molecule has 1 unspecified atom stereocenters. The Morgan fingerprint density at radius 3 is 2.52 bits per heavy atom. The van der Waals surface area contributed by atoms with Gasteiger partial charge in [0.05, 0.1) is 17.1 Å². The molecule has 0 fully saturated rings. The van der Waals surface area contributed by atoms with E-state index in [9.17, 15) is 9.59 Å². The van der Waals surface area contributed by atoms with Crippen LogP contribution in [0.25, 0.3) is 11.0 Å². The lowest BCUT2D eigenvalue weighted by atomic mass is 10.3. The average Bonchev–Trinajstić information content (AvgIpc) is 3.00. The SMILES string of the molecule is CCCN(CCC)C(=O)Cn1c(C(C)NC(=O)COC)nc2ccccc21. The van der Waals surface area contributed by atoms with Crippen molar-refractivity contribution in [1.29, 1.82) is 0 Å². The van der Waals surface area contributed by atoms with Gasteiger partial charge >= 0.3 is 0 Å². The van der Waals surface area contributed by atoms with Gasteiger partial charge in [0.1, 0.15) is 19.0 Å². The molecule has 0 spiro atoms. The Morgan fingerprint density at radius 2 is 1.89 bits per heavy atom. The fourth-order valence-electron chi connectivity index (χ4n) is 3.21. The minimum Gasteiger partial charge on any atom is -0.375 e. The highest BCUT2D eigenvalue weighted by Gasteiger charge is 2.21. The van der Waals surface area contributed by atoms with Gasteiger partial charge in [0.25, 0.3) is 0 Å². The summed E-state index contributed by atoms with van der Waals surface area (Å²) >= 11 is 0. The molecule has 0 aliphatic rings. The third-order valence-electron chi connectivity index (χ3n) is 4.36. The first-order valence-electron chi connectivity index (χ1n) is 9.53. The van der Waals surface area contributed by atoms with E-state index in [1.54, 1.807) is 0 Å². The van der Waals surface area contributed by atoms with Crippen LogP contribution in [0.4, 0.5) is 0 Å². The molecule has 7 heteroatoms. The quantitative estimate of drug-likeness (QED) is 0.693. The van der Waals surface area contributed by atoms with Crippen LogP contribution in [0.2, 0.25) is 0 Å². The van der Waals surface area contributed by atoms with Crippen molar-refractivity contribution in [2.75, 3.05) is 26.8 Å². The summed E-state index contributed by atoms with van der Waals surface area (Å²) < 4.78 is 6.79. The molecule has 0 saturated carbocycles. The smallest absolute Gasteiger partial charge is 0.246 e. The van der Waals surface area contributed by atoms with E-state index < -0.39 is 0 Å². The summed E-state index contributed by atoms with van der Waals surface area (Å²) in [5, 5.41) is 2.88. The predicted octanol–water partition coefficient (Wildman–Crippen LogP) is 2.51. The van der Waals surface area contributed by atoms with Gasteiger partial charge in [-0.25, -0.2) is 4.98 Å². The zero-order valence-corrected chi connectivity index (χ0v) is 16.7. The summed E-state index contributed by atoms with van der Waals surface area (Å²) in [6, 6.07) is 7.38. The van der Waals surface area contributed by atoms with Gasteiger partial charge in [-0.15, -0.1) is 0 Å². The molecule has 2 amide bonds. The Labute approximate surface area is 160 Å². The molecule has 148 valence electrons. The molecule has 1 heterocycles. The summed E-state index contributed by atoms with van der Waals surface area (Å²) in [4.78, 5) is 31.4. The second kappa shape index (κ2) is 10.1. The number of fused-ring (bicyclic) bond motifs is 1. The number of para-hydroxylation sites is 2. The van der Waals surface area contributed by atoms with E-state index in [0.717, 1.165) is 37.0 Å². The number of rotatable bonds is 10. The normalized spacial score (nSPS) is 12.1. The first-order valence-corrected chi connectivity index (χ1v) is 9.53. The zero-order valence-electron chi connectivity index (χ0n) is 16.7. The van der Waals surface area contributed by atoms with E-state index in [4.69, 9.17) is 4.74 Å². The Bertz CT molecular complexity index is 766. The molecule has 2 aromatic rings. The highest BCUT2D eigenvalue weighted by atomic mass is 16.5. The van der Waals surface area contributed by atoms with Crippen molar-refractivity contribution < 1.29 is 14.3 Å². The van der Waals surface area contributed by atoms with Crippen molar-refractivity contribution >= 4 is 22.8 Å². The van der Waals surface area contributed by atoms with Gasteiger partial charge in [0.2, 0.25) is 11.8 Å². The van der Waals surface area contributed by atoms with Crippen LogP contribution < -0.4 is 5.32 Å². The third-order valence-corrected chi connectivity index (χ3v) is 4.36. The topological polar surface area (TPSA) is 76.5 Å². The van der Waals surface area contributed by atoms with Crippen molar-refractivity contribution in [3.05, 3.63) is 30.1 Å². The fourth-order valence-corrected chi connectivity index (χ4v) is 3.21. The number of imidazole rings is 1. The number of ether oxygens (including phenoxy) is 1. The number of hydrogen-bond donors (Lipinski definition) is 1. The van der Waals surface area contributed by atoms with Crippen molar-refractivity contribution in [2.45, 2.75) is 46.2 Å². The Kier molecular flexibility index (Phi) is 7.79. The van der Waals surface area contributed by atoms with E-state index in [2.05, 4.69) is 24.1 Å². The Hall–Kier alpha value is -2.41. The summed E-state index contributed by atoms with van der Waals surface area (Å²) in [6.07, 6.45) is 1.85. The van der Waals surface area contributed by atoms with Crippen LogP contribution in [0.5, 0.6) is 0 Å². The molecular weight excluding hydrogens is 344 g/mol. The maximum Gasteiger partial charge on any atom is 0.246 e. The number of benzene rings is 1. The Morgan fingerprint density at radius 1 is 1.22 bits per heavy atom. The van der Waals surface area contributed by atoms with Gasteiger partial charge in [0, 0.05) is 20.2 Å². The van der Waals surface area contributed by atoms with Gasteiger partial charge in [0.15, 0.2) is 0 Å². The van der Waals surface area contributed by atoms with Gasteiger partial charge in [-0.2, -0.15) is 0 Å². The van der Waals surface area contributed by atoms with Gasteiger partial charge in [-0.1, -0.05) is 26.0 Å². The molecule has 1 atom stereocenters. The number of nitrogens with zero attached hydrogens (tertiary/aromatic N) is 3. The van der Waals surface area contributed by atoms with Crippen molar-refractivity contribution in [1.82, 2.24) is 19.8 Å². The molecule has 0 bridgehead atoms. The average molecular weight is 374 g/mol. The molecule has 1 aromatic carbocycles. The van der Waals surface area contributed by atoms with Crippen LogP contribution in [0, 0.1) is 0 Å². The number of nitrogens with one attached hydrogen (secondary N) is 1. The fraction of sp³-hybridized carbons (Fsp3) is 0.550. The minimum absolute atomic E-state index is 0.00965. The monoisotopic (exact) mass is 374 g/mol. The lowest BCUT2D eigenvalue weighted by molar-refractivity contribution is -0.131. The number of aromatic nitrogens is 2. The van der Waals surface area contributed by atoms with Crippen molar-refractivity contribution in [3.8, 4) is 0 Å². The van der Waals surface area contributed by atoms with Crippen LogP contribution in [0.15, 0.2) is 24.3 Å². The third kappa shape index (κ3) is 5.29. The molecule has 1 N–H and O–H groups in total. The molecule has 7 nitrogen and oxygen atoms in total. The molecular formula is C20H30N4O3. The van der Waals surface area contributed by atoms with E-state index in [1.165, 1.54) is 7.11 Å². The predicted molar refractivity (Wildman–Crippen MR) is 105 cm³/mol. The van der Waals surface area contributed by atoms with Crippen LogP contribution in [-0.4, -0.2) is 53.1 Å². The number of carbonyl (C=O) groups is 2. The van der Waals surface area contributed by atoms with Crippen LogP contribution in [0.3, 0.4) is 0 Å². The summed E-state index contributed by atoms with van der Waals surface area (Å²) in [6.45, 7) is 7.70. The van der Waals surface area contributed by atoms with E-state index in [0.29, 0.717) is 5.82 Å². The standard InChI is InChI=1S/C20H30N4O3/c1-5-11-23(12-6-2)19(26)13-24-17-10-8-7-9-16(17)22-20(24)15(3)21-18(25)14-27-4/h7-10,15H,5-6,11-14H2,1-4H3,(H,21,25). The summed E-state index contributed by atoms with van der Waals surface area (Å²) in [5.74, 6) is 0.522. The molecule has 2 rings (SSSR count). The second-order valence-corrected chi connectivity index (χ2v) is 6.65. The van der Waals surface area contributed by atoms with Gasteiger partial charge in [-0.05, 0) is 31.9 Å². The molecule has 27 heavy (non-hydrogen) atoms. The van der Waals surface area contributed by atoms with Crippen molar-refractivity contribution in [3.63, 3.8) is 0 Å². The lowest BCUT2D eigenvalue weighted by Crippen LogP contribution is -2.36. The Balaban J connectivity index is 2.33. The highest BCUT2D eigenvalue weighted by molar-refractivity contribution is 5.82.